The van der Waals surface area contributed by atoms with E-state index in [2.05, 4.69) is 39.8 Å². The van der Waals surface area contributed by atoms with E-state index < -0.39 is 0 Å². The minimum atomic E-state index is -0.0734. The van der Waals surface area contributed by atoms with E-state index in [1.807, 2.05) is 0 Å². The average Bonchev–Trinajstić information content (AvgIpc) is 2.30. The smallest absolute Gasteiger partial charge is 0.139 e. The Kier molecular flexibility index (Phi) is 5.84. The molecule has 0 aliphatic heterocycles. The average molecular weight is 248 g/mol. The fraction of sp³-hybridized carbons (Fsp3) is 0.706. The Hall–Kier alpha value is -0.850. The van der Waals surface area contributed by atoms with Gasteiger partial charge < -0.3 is 0 Å². The lowest BCUT2D eigenvalue weighted by atomic mass is 9.72. The van der Waals surface area contributed by atoms with E-state index >= 15 is 0 Å². The van der Waals surface area contributed by atoms with Crippen LogP contribution in [0.25, 0.3) is 0 Å². The molecule has 0 saturated heterocycles. The second-order valence-corrected chi connectivity index (χ2v) is 6.27. The zero-order valence-corrected chi connectivity index (χ0v) is 12.5. The summed E-state index contributed by atoms with van der Waals surface area (Å²) in [6.07, 6.45) is 11.9. The summed E-state index contributed by atoms with van der Waals surface area (Å²) in [6, 6.07) is 0. The summed E-state index contributed by atoms with van der Waals surface area (Å²) in [6.45, 7) is 8.62. The number of hydrogen-bond donors (Lipinski definition) is 0. The molecule has 0 amide bonds. The Morgan fingerprint density at radius 2 is 1.94 bits per heavy atom. The van der Waals surface area contributed by atoms with Crippen LogP contribution in [0.3, 0.4) is 0 Å². The molecule has 0 N–H and O–H groups in total. The van der Waals surface area contributed by atoms with Gasteiger partial charge in [0.2, 0.25) is 0 Å². The summed E-state index contributed by atoms with van der Waals surface area (Å²) in [5.74, 6) is 0.474. The quantitative estimate of drug-likeness (QED) is 0.610. The van der Waals surface area contributed by atoms with E-state index in [0.29, 0.717) is 5.78 Å². The van der Waals surface area contributed by atoms with Crippen LogP contribution in [0.1, 0.15) is 72.6 Å². The lowest BCUT2D eigenvalue weighted by Gasteiger charge is -2.31. The Labute approximate surface area is 112 Å². The molecule has 0 bridgehead atoms. The van der Waals surface area contributed by atoms with E-state index in [0.717, 1.165) is 38.5 Å². The Morgan fingerprint density at radius 3 is 2.56 bits per heavy atom. The summed E-state index contributed by atoms with van der Waals surface area (Å²) < 4.78 is 0. The predicted molar refractivity (Wildman–Crippen MR) is 78.6 cm³/mol. The fourth-order valence-electron chi connectivity index (χ4n) is 2.55. The first-order valence-corrected chi connectivity index (χ1v) is 7.26. The first-order chi connectivity index (χ1) is 8.44. The number of carbonyl (C=O) groups is 1. The summed E-state index contributed by atoms with van der Waals surface area (Å²) in [5, 5.41) is 0. The van der Waals surface area contributed by atoms with Gasteiger partial charge in [-0.1, -0.05) is 36.6 Å². The minimum absolute atomic E-state index is 0.0734. The Morgan fingerprint density at radius 1 is 1.22 bits per heavy atom. The lowest BCUT2D eigenvalue weighted by molar-refractivity contribution is -0.130. The van der Waals surface area contributed by atoms with Crippen LogP contribution in [0.15, 0.2) is 23.3 Å². The first kappa shape index (κ1) is 15.2. The van der Waals surface area contributed by atoms with Crippen molar-refractivity contribution in [3.8, 4) is 0 Å². The van der Waals surface area contributed by atoms with Gasteiger partial charge in [-0.15, -0.1) is 0 Å². The summed E-state index contributed by atoms with van der Waals surface area (Å²) in [4.78, 5) is 12.0. The van der Waals surface area contributed by atoms with E-state index in [4.69, 9.17) is 0 Å². The van der Waals surface area contributed by atoms with Crippen LogP contribution in [0.2, 0.25) is 0 Å². The van der Waals surface area contributed by atoms with Crippen LogP contribution >= 0.6 is 0 Å². The van der Waals surface area contributed by atoms with Crippen LogP contribution < -0.4 is 0 Å². The number of rotatable bonds is 5. The highest BCUT2D eigenvalue weighted by Gasteiger charge is 2.33. The zero-order chi connectivity index (χ0) is 13.6. The van der Waals surface area contributed by atoms with Crippen LogP contribution in [0.4, 0.5) is 0 Å². The predicted octanol–water partition coefficient (Wildman–Crippen LogP) is 5.22. The third kappa shape index (κ3) is 4.80. The number of allylic oxidation sites excluding steroid dienone is 4. The van der Waals surface area contributed by atoms with Crippen molar-refractivity contribution >= 4 is 5.78 Å². The molecule has 0 aromatic carbocycles. The highest BCUT2D eigenvalue weighted by Crippen LogP contribution is 2.36. The van der Waals surface area contributed by atoms with Gasteiger partial charge in [0, 0.05) is 11.8 Å². The third-order valence-corrected chi connectivity index (χ3v) is 4.05. The highest BCUT2D eigenvalue weighted by atomic mass is 16.1. The maximum atomic E-state index is 12.0. The van der Waals surface area contributed by atoms with E-state index in [1.165, 1.54) is 17.6 Å². The van der Waals surface area contributed by atoms with E-state index in [9.17, 15) is 4.79 Å². The topological polar surface area (TPSA) is 17.1 Å². The molecule has 1 aliphatic rings. The van der Waals surface area contributed by atoms with E-state index in [-0.39, 0.29) is 5.41 Å². The first-order valence-electron chi connectivity index (χ1n) is 7.26. The number of Topliss-reactive ketones (excluding diaryl/α,β-unsaturated/α-hetero) is 1. The Bertz CT molecular complexity index is 345. The monoisotopic (exact) mass is 248 g/mol. The van der Waals surface area contributed by atoms with Gasteiger partial charge in [0.1, 0.15) is 5.78 Å². The molecule has 0 spiro atoms. The number of hydrogen-bond acceptors (Lipinski definition) is 1. The molecule has 1 fully saturated rings. The minimum Gasteiger partial charge on any atom is -0.299 e. The van der Waals surface area contributed by atoms with Crippen LogP contribution in [0.5, 0.6) is 0 Å². The van der Waals surface area contributed by atoms with Crippen LogP contribution in [-0.4, -0.2) is 5.78 Å². The van der Waals surface area contributed by atoms with Gasteiger partial charge in [-0.05, 0) is 52.9 Å². The summed E-state index contributed by atoms with van der Waals surface area (Å²) >= 11 is 0. The standard InChI is InChI=1S/C17H28O/c1-14(2)8-7-9-15(3)11-13-17(4)12-6-5-10-16(17)18/h8,11H,5-7,9-10,12-13H2,1-4H3/b15-11+. The van der Waals surface area contributed by atoms with Gasteiger partial charge in [0.05, 0.1) is 0 Å². The van der Waals surface area contributed by atoms with Gasteiger partial charge in [-0.3, -0.25) is 4.79 Å². The lowest BCUT2D eigenvalue weighted by Crippen LogP contribution is -2.30. The molecule has 0 aromatic rings. The van der Waals surface area contributed by atoms with Crippen molar-refractivity contribution in [2.75, 3.05) is 0 Å². The molecule has 1 nitrogen and oxygen atoms in total. The van der Waals surface area contributed by atoms with Crippen molar-refractivity contribution in [3.05, 3.63) is 23.3 Å². The molecular formula is C17H28O. The molecule has 1 unspecified atom stereocenters. The van der Waals surface area contributed by atoms with Gasteiger partial charge in [0.15, 0.2) is 0 Å². The molecule has 1 rings (SSSR count). The van der Waals surface area contributed by atoms with Crippen LogP contribution in [-0.2, 0) is 4.79 Å². The third-order valence-electron chi connectivity index (χ3n) is 4.05. The van der Waals surface area contributed by atoms with Crippen molar-refractivity contribution in [1.29, 1.82) is 0 Å². The molecule has 0 heterocycles. The summed E-state index contributed by atoms with van der Waals surface area (Å²) in [7, 11) is 0. The molecule has 0 aromatic heterocycles. The van der Waals surface area contributed by atoms with Crippen molar-refractivity contribution < 1.29 is 4.79 Å². The van der Waals surface area contributed by atoms with Crippen molar-refractivity contribution in [2.24, 2.45) is 5.41 Å². The van der Waals surface area contributed by atoms with Gasteiger partial charge in [-0.25, -0.2) is 0 Å². The second-order valence-electron chi connectivity index (χ2n) is 6.27. The zero-order valence-electron chi connectivity index (χ0n) is 12.5. The Balaban J connectivity index is 2.46. The SMILES string of the molecule is CC(C)=CCC/C(C)=C/CC1(C)CCCCC1=O. The van der Waals surface area contributed by atoms with Crippen molar-refractivity contribution in [3.63, 3.8) is 0 Å². The van der Waals surface area contributed by atoms with Gasteiger partial charge >= 0.3 is 0 Å². The molecule has 1 atom stereocenters. The van der Waals surface area contributed by atoms with Crippen molar-refractivity contribution in [1.82, 2.24) is 0 Å². The highest BCUT2D eigenvalue weighted by molar-refractivity contribution is 5.85. The van der Waals surface area contributed by atoms with E-state index in [1.54, 1.807) is 0 Å². The molecule has 1 aliphatic carbocycles. The molecule has 102 valence electrons. The molecular weight excluding hydrogens is 220 g/mol. The second kappa shape index (κ2) is 6.92. The number of ketones is 1. The summed E-state index contributed by atoms with van der Waals surface area (Å²) in [5.41, 5.74) is 2.74. The van der Waals surface area contributed by atoms with Gasteiger partial charge in [0.25, 0.3) is 0 Å². The molecule has 1 heteroatoms. The molecule has 0 radical (unpaired) electrons. The normalized spacial score (nSPS) is 25.1. The van der Waals surface area contributed by atoms with Crippen LogP contribution in [0, 0.1) is 5.41 Å². The maximum absolute atomic E-state index is 12.0. The number of carbonyl (C=O) groups excluding carboxylic acids is 1. The van der Waals surface area contributed by atoms with Crippen molar-refractivity contribution in [2.45, 2.75) is 72.6 Å². The molecule has 18 heavy (non-hydrogen) atoms. The molecule has 1 saturated carbocycles. The fourth-order valence-corrected chi connectivity index (χ4v) is 2.55. The maximum Gasteiger partial charge on any atom is 0.139 e. The largest absolute Gasteiger partial charge is 0.299 e. The van der Waals surface area contributed by atoms with Gasteiger partial charge in [-0.2, -0.15) is 0 Å².